The van der Waals surface area contributed by atoms with E-state index in [4.69, 9.17) is 5.14 Å². The summed E-state index contributed by atoms with van der Waals surface area (Å²) >= 11 is 0. The summed E-state index contributed by atoms with van der Waals surface area (Å²) in [5, 5.41) is 7.74. The molecular weight excluding hydrogens is 320 g/mol. The molecule has 126 valence electrons. The van der Waals surface area contributed by atoms with E-state index in [2.05, 4.69) is 5.32 Å². The van der Waals surface area contributed by atoms with E-state index in [1.165, 1.54) is 25.1 Å². The van der Waals surface area contributed by atoms with Gasteiger partial charge in [-0.3, -0.25) is 9.59 Å². The Morgan fingerprint density at radius 2 is 1.96 bits per heavy atom. The lowest BCUT2D eigenvalue weighted by atomic mass is 10.3. The molecule has 2 rings (SSSR count). The van der Waals surface area contributed by atoms with Gasteiger partial charge in [0.25, 0.3) is 5.91 Å². The highest BCUT2D eigenvalue weighted by atomic mass is 32.2. The Bertz CT molecular complexity index is 696. The third-order valence-electron chi connectivity index (χ3n) is 3.77. The highest BCUT2D eigenvalue weighted by molar-refractivity contribution is 7.89. The van der Waals surface area contributed by atoms with Gasteiger partial charge in [-0.25, -0.2) is 13.6 Å². The van der Waals surface area contributed by atoms with Crippen molar-refractivity contribution in [2.75, 3.05) is 38.0 Å². The predicted octanol–water partition coefficient (Wildman–Crippen LogP) is -1.98. The number of hydrogen-bond acceptors (Lipinski definition) is 4. The van der Waals surface area contributed by atoms with Gasteiger partial charge in [0.2, 0.25) is 15.9 Å². The second-order valence-corrected chi connectivity index (χ2v) is 7.12. The molecule has 1 aliphatic rings. The summed E-state index contributed by atoms with van der Waals surface area (Å²) in [4.78, 5) is 26.1. The number of carbonyl (C=O) groups is 2. The number of sulfonamides is 1. The minimum Gasteiger partial charge on any atom is -0.332 e. The Kier molecular flexibility index (Phi) is 5.34. The molecule has 1 fully saturated rings. The maximum atomic E-state index is 12.1. The predicted molar refractivity (Wildman–Crippen MR) is 84.3 cm³/mol. The van der Waals surface area contributed by atoms with Crippen LogP contribution in [0.5, 0.6) is 0 Å². The van der Waals surface area contributed by atoms with Gasteiger partial charge >= 0.3 is 0 Å². The van der Waals surface area contributed by atoms with Crippen LogP contribution < -0.4 is 15.4 Å². The van der Waals surface area contributed by atoms with E-state index < -0.39 is 10.0 Å². The van der Waals surface area contributed by atoms with E-state index >= 15 is 0 Å². The number of piperazine rings is 1. The van der Waals surface area contributed by atoms with Crippen molar-refractivity contribution in [1.82, 2.24) is 4.90 Å². The molecule has 0 aromatic heterocycles. The third-order valence-corrected chi connectivity index (χ3v) is 4.68. The Morgan fingerprint density at radius 1 is 1.30 bits per heavy atom. The van der Waals surface area contributed by atoms with Crippen molar-refractivity contribution < 1.29 is 22.9 Å². The van der Waals surface area contributed by atoms with Gasteiger partial charge in [-0.2, -0.15) is 0 Å². The first-order chi connectivity index (χ1) is 10.8. The first-order valence-electron chi connectivity index (χ1n) is 7.27. The molecule has 0 bridgehead atoms. The summed E-state index contributed by atoms with van der Waals surface area (Å²) in [6, 6.07) is 5.83. The average Bonchev–Trinajstić information content (AvgIpc) is 2.47. The van der Waals surface area contributed by atoms with Crippen LogP contribution in [-0.4, -0.2) is 57.9 Å². The van der Waals surface area contributed by atoms with Crippen molar-refractivity contribution in [2.45, 2.75) is 11.8 Å². The van der Waals surface area contributed by atoms with Gasteiger partial charge in [0, 0.05) is 12.6 Å². The molecule has 1 aromatic carbocycles. The number of hydrogen-bond donors (Lipinski definition) is 3. The van der Waals surface area contributed by atoms with Gasteiger partial charge in [0.1, 0.15) is 0 Å². The molecule has 0 radical (unpaired) electrons. The number of nitrogens with two attached hydrogens (primary N) is 1. The third kappa shape index (κ3) is 5.02. The summed E-state index contributed by atoms with van der Waals surface area (Å²) in [6.07, 6.45) is 0. The Morgan fingerprint density at radius 3 is 2.52 bits per heavy atom. The molecule has 1 saturated heterocycles. The van der Waals surface area contributed by atoms with E-state index in [1.807, 2.05) is 0 Å². The van der Waals surface area contributed by atoms with Gasteiger partial charge in [0.15, 0.2) is 6.54 Å². The summed E-state index contributed by atoms with van der Waals surface area (Å²) in [5.41, 5.74) is 0.392. The van der Waals surface area contributed by atoms with Crippen LogP contribution in [0, 0.1) is 0 Å². The van der Waals surface area contributed by atoms with E-state index in [0.717, 1.165) is 4.90 Å². The maximum absolute atomic E-state index is 12.1. The average molecular weight is 341 g/mol. The smallest absolute Gasteiger partial charge is 0.279 e. The standard InChI is InChI=1S/C14H20N4O4S/c1-11(19)18-7-5-17(6-8-18)10-14(20)16-12-3-2-4-13(9-12)23(15,21)22/h2-4,9H,5-8,10H2,1H3,(H,16,20)(H2,15,21,22)/p+1. The first kappa shape index (κ1) is 17.4. The number of quaternary nitrogens is 1. The number of carbonyl (C=O) groups excluding carboxylic acids is 2. The van der Waals surface area contributed by atoms with Gasteiger partial charge < -0.3 is 15.1 Å². The van der Waals surface area contributed by atoms with Crippen molar-refractivity contribution in [1.29, 1.82) is 0 Å². The van der Waals surface area contributed by atoms with Crippen LogP contribution in [0.1, 0.15) is 6.92 Å². The normalized spacial score (nSPS) is 16.2. The fraction of sp³-hybridized carbons (Fsp3) is 0.429. The van der Waals surface area contributed by atoms with Crippen LogP contribution in [0.15, 0.2) is 29.2 Å². The van der Waals surface area contributed by atoms with E-state index in [1.54, 1.807) is 11.0 Å². The second kappa shape index (κ2) is 7.07. The fourth-order valence-corrected chi connectivity index (χ4v) is 3.06. The topological polar surface area (TPSA) is 114 Å². The van der Waals surface area contributed by atoms with Crippen molar-refractivity contribution >= 4 is 27.5 Å². The molecule has 4 N–H and O–H groups in total. The lowest BCUT2D eigenvalue weighted by Crippen LogP contribution is -3.15. The van der Waals surface area contributed by atoms with Gasteiger partial charge in [0.05, 0.1) is 31.1 Å². The number of benzene rings is 1. The molecule has 23 heavy (non-hydrogen) atoms. The number of nitrogens with one attached hydrogen (secondary N) is 2. The summed E-state index contributed by atoms with van der Waals surface area (Å²) < 4.78 is 22.6. The summed E-state index contributed by atoms with van der Waals surface area (Å²) in [6.45, 7) is 4.51. The quantitative estimate of drug-likeness (QED) is 0.589. The fourth-order valence-electron chi connectivity index (χ4n) is 2.50. The zero-order chi connectivity index (χ0) is 17.0. The SMILES string of the molecule is CC(=O)N1CC[NH+](CC(=O)Nc2cccc(S(N)(=O)=O)c2)CC1. The molecule has 0 saturated carbocycles. The van der Waals surface area contributed by atoms with E-state index in [0.29, 0.717) is 31.9 Å². The number of nitrogens with zero attached hydrogens (tertiary/aromatic N) is 1. The Hall–Kier alpha value is -1.97. The molecule has 0 unspecified atom stereocenters. The van der Waals surface area contributed by atoms with Crippen LogP contribution in [-0.2, 0) is 19.6 Å². The number of primary sulfonamides is 1. The lowest BCUT2D eigenvalue weighted by molar-refractivity contribution is -0.895. The molecule has 0 spiro atoms. The number of anilines is 1. The molecule has 1 aliphatic heterocycles. The van der Waals surface area contributed by atoms with Crippen molar-refractivity contribution in [3.05, 3.63) is 24.3 Å². The Balaban J connectivity index is 1.90. The molecule has 1 heterocycles. The lowest BCUT2D eigenvalue weighted by Gasteiger charge is -2.31. The van der Waals surface area contributed by atoms with E-state index in [9.17, 15) is 18.0 Å². The molecule has 8 nitrogen and oxygen atoms in total. The van der Waals surface area contributed by atoms with Crippen molar-refractivity contribution in [3.8, 4) is 0 Å². The minimum atomic E-state index is -3.80. The van der Waals surface area contributed by atoms with Crippen LogP contribution in [0.3, 0.4) is 0 Å². The molecule has 1 aromatic rings. The summed E-state index contributed by atoms with van der Waals surface area (Å²) in [5.74, 6) is -0.156. The zero-order valence-corrected chi connectivity index (χ0v) is 13.7. The monoisotopic (exact) mass is 341 g/mol. The highest BCUT2D eigenvalue weighted by Gasteiger charge is 2.23. The summed E-state index contributed by atoms with van der Waals surface area (Å²) in [7, 11) is -3.80. The van der Waals surface area contributed by atoms with Crippen LogP contribution in [0.25, 0.3) is 0 Å². The van der Waals surface area contributed by atoms with Gasteiger partial charge in [-0.05, 0) is 18.2 Å². The molecule has 0 atom stereocenters. The first-order valence-corrected chi connectivity index (χ1v) is 8.82. The maximum Gasteiger partial charge on any atom is 0.279 e. The van der Waals surface area contributed by atoms with Crippen molar-refractivity contribution in [3.63, 3.8) is 0 Å². The molecule has 9 heteroatoms. The van der Waals surface area contributed by atoms with Gasteiger partial charge in [-0.1, -0.05) is 6.07 Å². The molecule has 0 aliphatic carbocycles. The van der Waals surface area contributed by atoms with Crippen molar-refractivity contribution in [2.24, 2.45) is 5.14 Å². The minimum absolute atomic E-state index is 0.0438. The number of rotatable bonds is 4. The van der Waals surface area contributed by atoms with Crippen LogP contribution in [0.2, 0.25) is 0 Å². The molecular formula is C14H21N4O4S+. The Labute approximate surface area is 135 Å². The van der Waals surface area contributed by atoms with Crippen LogP contribution in [0.4, 0.5) is 5.69 Å². The van der Waals surface area contributed by atoms with E-state index in [-0.39, 0.29) is 23.3 Å². The second-order valence-electron chi connectivity index (χ2n) is 5.55. The highest BCUT2D eigenvalue weighted by Crippen LogP contribution is 2.13. The molecule has 2 amide bonds. The van der Waals surface area contributed by atoms with Crippen LogP contribution >= 0.6 is 0 Å². The van der Waals surface area contributed by atoms with Gasteiger partial charge in [-0.15, -0.1) is 0 Å². The number of amides is 2. The zero-order valence-electron chi connectivity index (χ0n) is 12.9. The largest absolute Gasteiger partial charge is 0.332 e.